The van der Waals surface area contributed by atoms with Crippen LogP contribution in [0.25, 0.3) is 11.4 Å². The summed E-state index contributed by atoms with van der Waals surface area (Å²) in [6.45, 7) is 3.73. The summed E-state index contributed by atoms with van der Waals surface area (Å²) in [4.78, 5) is 4.37. The summed E-state index contributed by atoms with van der Waals surface area (Å²) in [5, 5.41) is 10.5. The number of hydrogen-bond acceptors (Lipinski definition) is 5. The van der Waals surface area contributed by atoms with Crippen LogP contribution in [0.5, 0.6) is 11.5 Å². The molecule has 24 heavy (non-hydrogen) atoms. The van der Waals surface area contributed by atoms with E-state index in [0.717, 1.165) is 34.1 Å². The molecule has 6 nitrogen and oxygen atoms in total. The lowest BCUT2D eigenvalue weighted by molar-refractivity contribution is 0.170. The van der Waals surface area contributed by atoms with Gasteiger partial charge in [0.25, 0.3) is 0 Å². The molecule has 0 spiro atoms. The summed E-state index contributed by atoms with van der Waals surface area (Å²) >= 11 is 0. The second-order valence-corrected chi connectivity index (χ2v) is 5.62. The third-order valence-corrected chi connectivity index (χ3v) is 3.85. The van der Waals surface area contributed by atoms with Gasteiger partial charge in [0.15, 0.2) is 17.3 Å². The summed E-state index contributed by atoms with van der Waals surface area (Å²) in [5.74, 6) is 3.14. The highest BCUT2D eigenvalue weighted by Crippen LogP contribution is 2.34. The zero-order chi connectivity index (χ0) is 16.4. The van der Waals surface area contributed by atoms with Gasteiger partial charge in [-0.25, -0.2) is 4.98 Å². The lowest BCUT2D eigenvalue weighted by Gasteiger charge is -2.21. The molecule has 2 heterocycles. The number of ether oxygens (including phenoxy) is 2. The first kappa shape index (κ1) is 14.6. The molecule has 0 saturated heterocycles. The van der Waals surface area contributed by atoms with Gasteiger partial charge in [0.05, 0.1) is 0 Å². The van der Waals surface area contributed by atoms with Crippen LogP contribution in [0.3, 0.4) is 0 Å². The molecule has 0 atom stereocenters. The molecule has 1 aromatic heterocycles. The number of aromatic nitrogens is 3. The molecule has 0 fully saturated rings. The van der Waals surface area contributed by atoms with Crippen molar-refractivity contribution in [1.29, 1.82) is 0 Å². The summed E-state index contributed by atoms with van der Waals surface area (Å²) < 4.78 is 11.4. The number of hydrogen-bond donors (Lipinski definition) is 2. The summed E-state index contributed by atoms with van der Waals surface area (Å²) in [5.41, 5.74) is 3.05. The van der Waals surface area contributed by atoms with Gasteiger partial charge in [-0.1, -0.05) is 24.3 Å². The minimum absolute atomic E-state index is 0.587. The van der Waals surface area contributed by atoms with Crippen molar-refractivity contribution in [3.8, 4) is 22.9 Å². The van der Waals surface area contributed by atoms with Crippen molar-refractivity contribution in [1.82, 2.24) is 15.2 Å². The molecule has 2 N–H and O–H groups in total. The molecule has 3 aromatic rings. The van der Waals surface area contributed by atoms with Crippen molar-refractivity contribution >= 4 is 5.69 Å². The molecular formula is C18H18N4O2. The Morgan fingerprint density at radius 1 is 1.12 bits per heavy atom. The topological polar surface area (TPSA) is 72.1 Å². The SMILES string of the molecule is Cc1nc(-c2cccc(NCc3cccc4c3OCCO4)c2)n[nH]1. The van der Waals surface area contributed by atoms with Gasteiger partial charge < -0.3 is 14.8 Å². The van der Waals surface area contributed by atoms with Gasteiger partial charge in [0, 0.05) is 23.4 Å². The Labute approximate surface area is 139 Å². The van der Waals surface area contributed by atoms with E-state index in [2.05, 4.69) is 20.5 Å². The van der Waals surface area contributed by atoms with Crippen LogP contribution in [0.4, 0.5) is 5.69 Å². The molecule has 4 rings (SSSR count). The summed E-state index contributed by atoms with van der Waals surface area (Å²) in [6.07, 6.45) is 0. The Hall–Kier alpha value is -3.02. The van der Waals surface area contributed by atoms with E-state index in [-0.39, 0.29) is 0 Å². The minimum atomic E-state index is 0.587. The predicted octanol–water partition coefficient (Wildman–Crippen LogP) is 3.16. The number of aromatic amines is 1. The summed E-state index contributed by atoms with van der Waals surface area (Å²) in [6, 6.07) is 14.0. The molecule has 1 aliphatic rings. The number of rotatable bonds is 4. The van der Waals surface area contributed by atoms with Crippen LogP contribution >= 0.6 is 0 Å². The molecular weight excluding hydrogens is 304 g/mol. The van der Waals surface area contributed by atoms with Crippen LogP contribution in [0.15, 0.2) is 42.5 Å². The fourth-order valence-electron chi connectivity index (χ4n) is 2.71. The van der Waals surface area contributed by atoms with Crippen molar-refractivity contribution in [2.45, 2.75) is 13.5 Å². The van der Waals surface area contributed by atoms with Crippen molar-refractivity contribution in [2.24, 2.45) is 0 Å². The zero-order valence-electron chi connectivity index (χ0n) is 13.4. The highest BCUT2D eigenvalue weighted by molar-refractivity contribution is 5.62. The molecule has 1 aliphatic heterocycles. The van der Waals surface area contributed by atoms with Gasteiger partial charge >= 0.3 is 0 Å². The number of aryl methyl sites for hydroxylation is 1. The van der Waals surface area contributed by atoms with E-state index in [1.54, 1.807) is 0 Å². The lowest BCUT2D eigenvalue weighted by Crippen LogP contribution is -2.17. The second-order valence-electron chi connectivity index (χ2n) is 5.62. The smallest absolute Gasteiger partial charge is 0.181 e. The van der Waals surface area contributed by atoms with Gasteiger partial charge in [0.1, 0.15) is 19.0 Å². The van der Waals surface area contributed by atoms with Crippen LogP contribution in [0.1, 0.15) is 11.4 Å². The van der Waals surface area contributed by atoms with Crippen molar-refractivity contribution in [2.75, 3.05) is 18.5 Å². The molecule has 0 saturated carbocycles. The standard InChI is InChI=1S/C18H18N4O2/c1-12-20-18(22-21-12)13-4-2-6-15(10-13)19-11-14-5-3-7-16-17(14)24-9-8-23-16/h2-7,10,19H,8-9,11H2,1H3,(H,20,21,22). The van der Waals surface area contributed by atoms with E-state index in [4.69, 9.17) is 9.47 Å². The Kier molecular flexibility index (Phi) is 3.78. The molecule has 2 aromatic carbocycles. The maximum Gasteiger partial charge on any atom is 0.181 e. The lowest BCUT2D eigenvalue weighted by atomic mass is 10.1. The normalized spacial score (nSPS) is 12.9. The highest BCUT2D eigenvalue weighted by atomic mass is 16.6. The quantitative estimate of drug-likeness (QED) is 0.772. The van der Waals surface area contributed by atoms with E-state index < -0.39 is 0 Å². The number of fused-ring (bicyclic) bond motifs is 1. The van der Waals surface area contributed by atoms with Gasteiger partial charge in [0.2, 0.25) is 0 Å². The number of para-hydroxylation sites is 1. The highest BCUT2D eigenvalue weighted by Gasteiger charge is 2.15. The Balaban J connectivity index is 1.52. The molecule has 122 valence electrons. The Morgan fingerprint density at radius 3 is 2.88 bits per heavy atom. The number of benzene rings is 2. The molecule has 0 aliphatic carbocycles. The second kappa shape index (κ2) is 6.23. The first-order valence-electron chi connectivity index (χ1n) is 7.90. The van der Waals surface area contributed by atoms with E-state index >= 15 is 0 Å². The monoisotopic (exact) mass is 322 g/mol. The van der Waals surface area contributed by atoms with Crippen molar-refractivity contribution < 1.29 is 9.47 Å². The maximum atomic E-state index is 5.75. The van der Waals surface area contributed by atoms with Crippen LogP contribution in [0, 0.1) is 6.92 Å². The molecule has 0 unspecified atom stereocenters. The fraction of sp³-hybridized carbons (Fsp3) is 0.222. The Morgan fingerprint density at radius 2 is 2.00 bits per heavy atom. The fourth-order valence-corrected chi connectivity index (χ4v) is 2.71. The van der Waals surface area contributed by atoms with Gasteiger partial charge in [-0.15, -0.1) is 0 Å². The van der Waals surface area contributed by atoms with Crippen molar-refractivity contribution in [3.05, 3.63) is 53.9 Å². The predicted molar refractivity (Wildman–Crippen MR) is 91.3 cm³/mol. The molecule has 6 heteroatoms. The first-order valence-corrected chi connectivity index (χ1v) is 7.90. The van der Waals surface area contributed by atoms with E-state index in [1.807, 2.05) is 49.4 Å². The van der Waals surface area contributed by atoms with E-state index in [0.29, 0.717) is 25.6 Å². The number of nitrogens with one attached hydrogen (secondary N) is 2. The third-order valence-electron chi connectivity index (χ3n) is 3.85. The summed E-state index contributed by atoms with van der Waals surface area (Å²) in [7, 11) is 0. The Bertz CT molecular complexity index is 860. The number of H-pyrrole nitrogens is 1. The average molecular weight is 322 g/mol. The maximum absolute atomic E-state index is 5.75. The number of anilines is 1. The van der Waals surface area contributed by atoms with Gasteiger partial charge in [-0.3, -0.25) is 5.10 Å². The van der Waals surface area contributed by atoms with Crippen LogP contribution in [0.2, 0.25) is 0 Å². The minimum Gasteiger partial charge on any atom is -0.486 e. The molecule has 0 radical (unpaired) electrons. The zero-order valence-corrected chi connectivity index (χ0v) is 13.4. The van der Waals surface area contributed by atoms with Gasteiger partial charge in [-0.2, -0.15) is 5.10 Å². The van der Waals surface area contributed by atoms with Crippen LogP contribution in [-0.4, -0.2) is 28.4 Å². The third kappa shape index (κ3) is 2.90. The first-order chi connectivity index (χ1) is 11.8. The van der Waals surface area contributed by atoms with Gasteiger partial charge in [-0.05, 0) is 25.1 Å². The molecule has 0 bridgehead atoms. The van der Waals surface area contributed by atoms with E-state index in [9.17, 15) is 0 Å². The number of nitrogens with zero attached hydrogens (tertiary/aromatic N) is 2. The van der Waals surface area contributed by atoms with Crippen molar-refractivity contribution in [3.63, 3.8) is 0 Å². The van der Waals surface area contributed by atoms with E-state index in [1.165, 1.54) is 0 Å². The average Bonchev–Trinajstić information content (AvgIpc) is 3.07. The largest absolute Gasteiger partial charge is 0.486 e. The van der Waals surface area contributed by atoms with Crippen LogP contribution < -0.4 is 14.8 Å². The van der Waals surface area contributed by atoms with Crippen LogP contribution in [-0.2, 0) is 6.54 Å². The molecule has 0 amide bonds.